The number of nitrogens with zero attached hydrogens (tertiary/aromatic N) is 1. The van der Waals surface area contributed by atoms with E-state index in [1.54, 1.807) is 18.2 Å². The number of rotatable bonds is 5. The molecule has 6 nitrogen and oxygen atoms in total. The van der Waals surface area contributed by atoms with E-state index in [4.69, 9.17) is 0 Å². The van der Waals surface area contributed by atoms with Gasteiger partial charge in [-0.25, -0.2) is 0 Å². The van der Waals surface area contributed by atoms with Gasteiger partial charge in [0.25, 0.3) is 11.1 Å². The number of benzene rings is 1. The van der Waals surface area contributed by atoms with Crippen molar-refractivity contribution in [1.29, 1.82) is 0 Å². The molecule has 3 amide bonds. The average Bonchev–Trinajstić information content (AvgIpc) is 2.93. The summed E-state index contributed by atoms with van der Waals surface area (Å²) in [5, 5.41) is 5.92. The zero-order chi connectivity index (χ0) is 16.9. The van der Waals surface area contributed by atoms with Crippen LogP contribution in [-0.4, -0.2) is 47.3 Å². The second kappa shape index (κ2) is 9.03. The van der Waals surface area contributed by atoms with Crippen LogP contribution in [0.5, 0.6) is 0 Å². The Morgan fingerprint density at radius 2 is 2.16 bits per heavy atom. The van der Waals surface area contributed by atoms with Gasteiger partial charge in [-0.15, -0.1) is 12.4 Å². The molecule has 0 atom stereocenters. The quantitative estimate of drug-likeness (QED) is 0.762. The predicted molar refractivity (Wildman–Crippen MR) is 100.0 cm³/mol. The van der Waals surface area contributed by atoms with E-state index in [-0.39, 0.29) is 41.8 Å². The fraction of sp³-hybridized carbons (Fsp3) is 0.353. The standard InChI is InChI=1S/C17H19N3O3S.ClH/c21-15-11-24-17(23)20(15)10-13-2-1-3-14(8-13)16(22)19-9-12-4-6-18-7-5-12;/h1-4,8,18H,5-7,9-11H2,(H,19,22);1H. The number of hydrogen-bond donors (Lipinski definition) is 2. The van der Waals surface area contributed by atoms with Gasteiger partial charge in [0.2, 0.25) is 5.91 Å². The van der Waals surface area contributed by atoms with E-state index in [1.165, 1.54) is 10.5 Å². The first kappa shape index (κ1) is 19.5. The van der Waals surface area contributed by atoms with Gasteiger partial charge < -0.3 is 10.6 Å². The molecule has 0 aliphatic carbocycles. The fourth-order valence-corrected chi connectivity index (χ4v) is 3.38. The van der Waals surface area contributed by atoms with E-state index < -0.39 is 0 Å². The number of carbonyl (C=O) groups is 3. The van der Waals surface area contributed by atoms with Crippen LogP contribution >= 0.6 is 24.2 Å². The third kappa shape index (κ3) is 5.07. The Hall–Kier alpha value is -1.83. The lowest BCUT2D eigenvalue weighted by Crippen LogP contribution is -2.30. The maximum absolute atomic E-state index is 12.3. The summed E-state index contributed by atoms with van der Waals surface area (Å²) < 4.78 is 0. The molecule has 1 saturated heterocycles. The van der Waals surface area contributed by atoms with Crippen molar-refractivity contribution in [3.63, 3.8) is 0 Å². The van der Waals surface area contributed by atoms with Crippen LogP contribution in [0.25, 0.3) is 0 Å². The lowest BCUT2D eigenvalue weighted by Gasteiger charge is -2.15. The highest BCUT2D eigenvalue weighted by Crippen LogP contribution is 2.21. The van der Waals surface area contributed by atoms with E-state index in [9.17, 15) is 14.4 Å². The lowest BCUT2D eigenvalue weighted by atomic mass is 10.1. The molecule has 0 bridgehead atoms. The van der Waals surface area contributed by atoms with Gasteiger partial charge in [0.1, 0.15) is 0 Å². The molecule has 2 aliphatic heterocycles. The summed E-state index contributed by atoms with van der Waals surface area (Å²) in [6.45, 7) is 2.54. The molecule has 2 heterocycles. The number of amides is 3. The molecule has 0 saturated carbocycles. The summed E-state index contributed by atoms with van der Waals surface area (Å²) in [7, 11) is 0. The number of thioether (sulfide) groups is 1. The van der Waals surface area contributed by atoms with Crippen LogP contribution in [0, 0.1) is 0 Å². The summed E-state index contributed by atoms with van der Waals surface area (Å²) >= 11 is 1.01. The van der Waals surface area contributed by atoms with Crippen molar-refractivity contribution in [1.82, 2.24) is 15.5 Å². The van der Waals surface area contributed by atoms with Gasteiger partial charge in [-0.2, -0.15) is 0 Å². The van der Waals surface area contributed by atoms with Gasteiger partial charge in [-0.1, -0.05) is 35.5 Å². The minimum Gasteiger partial charge on any atom is -0.348 e. The minimum absolute atomic E-state index is 0. The molecule has 1 aromatic carbocycles. The van der Waals surface area contributed by atoms with Crippen LogP contribution in [0.1, 0.15) is 22.3 Å². The molecule has 0 aromatic heterocycles. The normalized spacial score (nSPS) is 17.1. The first-order valence-corrected chi connectivity index (χ1v) is 8.85. The zero-order valence-electron chi connectivity index (χ0n) is 13.6. The van der Waals surface area contributed by atoms with Gasteiger partial charge in [-0.05, 0) is 30.7 Å². The van der Waals surface area contributed by atoms with Gasteiger partial charge in [0.15, 0.2) is 0 Å². The van der Waals surface area contributed by atoms with Crippen molar-refractivity contribution in [2.24, 2.45) is 0 Å². The molecular weight excluding hydrogens is 362 g/mol. The molecule has 25 heavy (non-hydrogen) atoms. The zero-order valence-corrected chi connectivity index (χ0v) is 15.3. The molecule has 0 radical (unpaired) electrons. The van der Waals surface area contributed by atoms with Gasteiger partial charge in [0, 0.05) is 18.7 Å². The summed E-state index contributed by atoms with van der Waals surface area (Å²) in [6.07, 6.45) is 3.04. The maximum atomic E-state index is 12.3. The maximum Gasteiger partial charge on any atom is 0.289 e. The SMILES string of the molecule is Cl.O=C(NCC1=CCNCC1)c1cccc(CN2C(=O)CSC2=O)c1. The first-order valence-electron chi connectivity index (χ1n) is 7.86. The third-order valence-electron chi connectivity index (χ3n) is 4.00. The number of nitrogens with one attached hydrogen (secondary N) is 2. The second-order valence-electron chi connectivity index (χ2n) is 5.73. The summed E-state index contributed by atoms with van der Waals surface area (Å²) in [6, 6.07) is 7.05. The Labute approximate surface area is 156 Å². The van der Waals surface area contributed by atoms with E-state index in [1.807, 2.05) is 6.07 Å². The Balaban J connectivity index is 0.00000225. The Morgan fingerprint density at radius 1 is 1.32 bits per heavy atom. The Kier molecular flexibility index (Phi) is 7.04. The van der Waals surface area contributed by atoms with Crippen molar-refractivity contribution in [3.05, 3.63) is 47.0 Å². The largest absolute Gasteiger partial charge is 0.348 e. The number of halogens is 1. The molecule has 1 aromatic rings. The van der Waals surface area contributed by atoms with E-state index in [2.05, 4.69) is 16.7 Å². The monoisotopic (exact) mass is 381 g/mol. The molecule has 8 heteroatoms. The van der Waals surface area contributed by atoms with Crippen LogP contribution in [0.4, 0.5) is 4.79 Å². The molecule has 3 rings (SSSR count). The minimum atomic E-state index is -0.229. The van der Waals surface area contributed by atoms with Gasteiger partial charge in [0.05, 0.1) is 12.3 Å². The van der Waals surface area contributed by atoms with E-state index in [0.29, 0.717) is 12.1 Å². The van der Waals surface area contributed by atoms with Crippen LogP contribution in [0.3, 0.4) is 0 Å². The summed E-state index contributed by atoms with van der Waals surface area (Å²) in [5.41, 5.74) is 2.53. The molecule has 2 aliphatic rings. The van der Waals surface area contributed by atoms with Crippen molar-refractivity contribution in [2.45, 2.75) is 13.0 Å². The Morgan fingerprint density at radius 3 is 2.84 bits per heavy atom. The van der Waals surface area contributed by atoms with Gasteiger partial charge in [-0.3, -0.25) is 19.3 Å². The smallest absolute Gasteiger partial charge is 0.289 e. The average molecular weight is 382 g/mol. The molecule has 134 valence electrons. The van der Waals surface area contributed by atoms with E-state index >= 15 is 0 Å². The molecule has 2 N–H and O–H groups in total. The predicted octanol–water partition coefficient (Wildman–Crippen LogP) is 1.95. The highest BCUT2D eigenvalue weighted by Gasteiger charge is 2.29. The molecular formula is C17H20ClN3O3S. The summed E-state index contributed by atoms with van der Waals surface area (Å²) in [5.74, 6) is -0.134. The lowest BCUT2D eigenvalue weighted by molar-refractivity contribution is -0.125. The Bertz CT molecular complexity index is 692. The van der Waals surface area contributed by atoms with Crippen LogP contribution in [0.2, 0.25) is 0 Å². The van der Waals surface area contributed by atoms with Crippen molar-refractivity contribution < 1.29 is 14.4 Å². The first-order chi connectivity index (χ1) is 11.6. The number of imide groups is 1. The van der Waals surface area contributed by atoms with Crippen molar-refractivity contribution in [3.8, 4) is 0 Å². The number of hydrogen-bond acceptors (Lipinski definition) is 5. The van der Waals surface area contributed by atoms with Crippen LogP contribution < -0.4 is 10.6 Å². The number of carbonyl (C=O) groups excluding carboxylic acids is 3. The topological polar surface area (TPSA) is 78.5 Å². The second-order valence-corrected chi connectivity index (χ2v) is 6.66. The van der Waals surface area contributed by atoms with Crippen molar-refractivity contribution >= 4 is 41.2 Å². The highest BCUT2D eigenvalue weighted by molar-refractivity contribution is 8.14. The fourth-order valence-electron chi connectivity index (χ4n) is 2.65. The summed E-state index contributed by atoms with van der Waals surface area (Å²) in [4.78, 5) is 36.9. The van der Waals surface area contributed by atoms with Crippen LogP contribution in [0.15, 0.2) is 35.9 Å². The van der Waals surface area contributed by atoms with E-state index in [0.717, 1.165) is 36.8 Å². The third-order valence-corrected chi connectivity index (χ3v) is 4.86. The van der Waals surface area contributed by atoms with Crippen LogP contribution in [-0.2, 0) is 11.3 Å². The molecule has 0 spiro atoms. The van der Waals surface area contributed by atoms with Crippen molar-refractivity contribution in [2.75, 3.05) is 25.4 Å². The molecule has 0 unspecified atom stereocenters. The van der Waals surface area contributed by atoms with Gasteiger partial charge >= 0.3 is 0 Å². The highest BCUT2D eigenvalue weighted by atomic mass is 35.5. The molecule has 1 fully saturated rings.